The summed E-state index contributed by atoms with van der Waals surface area (Å²) in [6.07, 6.45) is 9.96. The minimum Gasteiger partial charge on any atom is -0.361 e. The molecule has 0 aliphatic carbocycles. The van der Waals surface area contributed by atoms with E-state index in [4.69, 9.17) is 0 Å². The highest BCUT2D eigenvalue weighted by Crippen LogP contribution is 2.34. The van der Waals surface area contributed by atoms with Gasteiger partial charge in [0, 0.05) is 28.2 Å². The molecule has 154 valence electrons. The standard InChI is InChI=1S/C24H31N3OS/c1-2-3-4-5-11-27-12-8-18(9-13-27)22-16-25-23-7-6-20(15-21(22)23)26-24(28)19-10-14-29-17-19/h6-7,10,14-18,25H,2-5,8-9,11-13H2,1H3,(H,26,28). The number of carbonyl (C=O) groups excluding carboxylic acids is 1. The summed E-state index contributed by atoms with van der Waals surface area (Å²) in [7, 11) is 0. The largest absolute Gasteiger partial charge is 0.361 e. The lowest BCUT2D eigenvalue weighted by Gasteiger charge is -2.32. The fraction of sp³-hybridized carbons (Fsp3) is 0.458. The van der Waals surface area contributed by atoms with Gasteiger partial charge in [0.15, 0.2) is 0 Å². The van der Waals surface area contributed by atoms with Crippen LogP contribution in [-0.4, -0.2) is 35.4 Å². The Kier molecular flexibility index (Phi) is 6.67. The van der Waals surface area contributed by atoms with Crippen molar-refractivity contribution in [2.45, 2.75) is 51.4 Å². The van der Waals surface area contributed by atoms with Crippen molar-refractivity contribution in [2.75, 3.05) is 25.0 Å². The maximum absolute atomic E-state index is 12.4. The second kappa shape index (κ2) is 9.59. The minimum absolute atomic E-state index is 0.0425. The molecule has 0 spiro atoms. The van der Waals surface area contributed by atoms with Crippen LogP contribution in [0.1, 0.15) is 67.3 Å². The summed E-state index contributed by atoms with van der Waals surface area (Å²) < 4.78 is 0. The van der Waals surface area contributed by atoms with Crippen LogP contribution in [0, 0.1) is 0 Å². The first-order valence-corrected chi connectivity index (χ1v) is 11.9. The number of aromatic amines is 1. The van der Waals surface area contributed by atoms with E-state index in [0.717, 1.165) is 16.8 Å². The van der Waals surface area contributed by atoms with Crippen LogP contribution in [-0.2, 0) is 0 Å². The molecule has 2 aromatic heterocycles. The van der Waals surface area contributed by atoms with Crippen molar-refractivity contribution in [3.05, 3.63) is 52.3 Å². The predicted molar refractivity (Wildman–Crippen MR) is 123 cm³/mol. The SMILES string of the molecule is CCCCCCN1CCC(c2c[nH]c3ccc(NC(=O)c4ccsc4)cc23)CC1. The highest BCUT2D eigenvalue weighted by molar-refractivity contribution is 7.08. The van der Waals surface area contributed by atoms with Crippen molar-refractivity contribution in [2.24, 2.45) is 0 Å². The second-order valence-electron chi connectivity index (χ2n) is 8.15. The van der Waals surface area contributed by atoms with Crippen LogP contribution >= 0.6 is 11.3 Å². The molecule has 1 aromatic carbocycles. The Morgan fingerprint density at radius 3 is 2.83 bits per heavy atom. The highest BCUT2D eigenvalue weighted by atomic mass is 32.1. The number of carbonyl (C=O) groups is 1. The predicted octanol–water partition coefficient (Wildman–Crippen LogP) is 6.24. The van der Waals surface area contributed by atoms with E-state index < -0.39 is 0 Å². The van der Waals surface area contributed by atoms with E-state index in [1.165, 1.54) is 69.1 Å². The number of aromatic nitrogens is 1. The van der Waals surface area contributed by atoms with Crippen LogP contribution < -0.4 is 5.32 Å². The number of piperidine rings is 1. The summed E-state index contributed by atoms with van der Waals surface area (Å²) in [5.41, 5.74) is 4.13. The molecular formula is C24H31N3OS. The Morgan fingerprint density at radius 1 is 1.21 bits per heavy atom. The highest BCUT2D eigenvalue weighted by Gasteiger charge is 2.22. The molecule has 5 heteroatoms. The first kappa shape index (κ1) is 20.2. The van der Waals surface area contributed by atoms with Gasteiger partial charge < -0.3 is 15.2 Å². The van der Waals surface area contributed by atoms with Crippen LogP contribution in [0.2, 0.25) is 0 Å². The molecule has 4 rings (SSSR count). The fourth-order valence-electron chi connectivity index (χ4n) is 4.38. The average molecular weight is 410 g/mol. The van der Waals surface area contributed by atoms with E-state index in [9.17, 15) is 4.79 Å². The molecule has 1 fully saturated rings. The molecular weight excluding hydrogens is 378 g/mol. The molecule has 3 heterocycles. The molecule has 1 amide bonds. The molecule has 0 radical (unpaired) electrons. The Balaban J connectivity index is 1.40. The van der Waals surface area contributed by atoms with E-state index in [1.54, 1.807) is 11.3 Å². The number of likely N-dealkylation sites (tertiary alicyclic amines) is 1. The van der Waals surface area contributed by atoms with Crippen LogP contribution in [0.4, 0.5) is 5.69 Å². The van der Waals surface area contributed by atoms with E-state index in [-0.39, 0.29) is 5.91 Å². The molecule has 0 bridgehead atoms. The lowest BCUT2D eigenvalue weighted by Crippen LogP contribution is -2.33. The quantitative estimate of drug-likeness (QED) is 0.433. The van der Waals surface area contributed by atoms with Gasteiger partial charge in [0.25, 0.3) is 5.91 Å². The Morgan fingerprint density at radius 2 is 2.07 bits per heavy atom. The molecule has 1 aliphatic heterocycles. The molecule has 2 N–H and O–H groups in total. The van der Waals surface area contributed by atoms with Gasteiger partial charge in [-0.2, -0.15) is 11.3 Å². The van der Waals surface area contributed by atoms with Crippen molar-refractivity contribution in [3.8, 4) is 0 Å². The average Bonchev–Trinajstić information content (AvgIpc) is 3.42. The first-order valence-electron chi connectivity index (χ1n) is 10.9. The monoisotopic (exact) mass is 409 g/mol. The number of fused-ring (bicyclic) bond motifs is 1. The van der Waals surface area contributed by atoms with Gasteiger partial charge >= 0.3 is 0 Å². The van der Waals surface area contributed by atoms with Crippen molar-refractivity contribution in [1.29, 1.82) is 0 Å². The van der Waals surface area contributed by atoms with Crippen LogP contribution in [0.3, 0.4) is 0 Å². The van der Waals surface area contributed by atoms with Crippen LogP contribution in [0.5, 0.6) is 0 Å². The third-order valence-electron chi connectivity index (χ3n) is 6.11. The van der Waals surface area contributed by atoms with Crippen LogP contribution in [0.25, 0.3) is 10.9 Å². The summed E-state index contributed by atoms with van der Waals surface area (Å²) in [4.78, 5) is 18.4. The number of H-pyrrole nitrogens is 1. The maximum Gasteiger partial charge on any atom is 0.256 e. The summed E-state index contributed by atoms with van der Waals surface area (Å²) in [5, 5.41) is 8.10. The van der Waals surface area contributed by atoms with Crippen molar-refractivity contribution < 1.29 is 4.79 Å². The van der Waals surface area contributed by atoms with Gasteiger partial charge in [0.2, 0.25) is 0 Å². The van der Waals surface area contributed by atoms with E-state index in [1.807, 2.05) is 22.9 Å². The van der Waals surface area contributed by atoms with E-state index in [2.05, 4.69) is 40.5 Å². The summed E-state index contributed by atoms with van der Waals surface area (Å²) in [6, 6.07) is 8.04. The summed E-state index contributed by atoms with van der Waals surface area (Å²) in [5.74, 6) is 0.553. The number of nitrogens with zero attached hydrogens (tertiary/aromatic N) is 1. The summed E-state index contributed by atoms with van der Waals surface area (Å²) >= 11 is 1.54. The van der Waals surface area contributed by atoms with Gasteiger partial charge in [-0.05, 0) is 80.0 Å². The minimum atomic E-state index is -0.0425. The zero-order valence-corrected chi connectivity index (χ0v) is 18.1. The zero-order chi connectivity index (χ0) is 20.1. The maximum atomic E-state index is 12.4. The van der Waals surface area contributed by atoms with Crippen molar-refractivity contribution in [3.63, 3.8) is 0 Å². The number of hydrogen-bond acceptors (Lipinski definition) is 3. The van der Waals surface area contributed by atoms with E-state index in [0.29, 0.717) is 5.92 Å². The number of anilines is 1. The van der Waals surface area contributed by atoms with Gasteiger partial charge in [-0.25, -0.2) is 0 Å². The number of hydrogen-bond donors (Lipinski definition) is 2. The van der Waals surface area contributed by atoms with Gasteiger partial charge in [-0.15, -0.1) is 0 Å². The normalized spacial score (nSPS) is 15.8. The smallest absolute Gasteiger partial charge is 0.256 e. The lowest BCUT2D eigenvalue weighted by atomic mass is 9.89. The van der Waals surface area contributed by atoms with Gasteiger partial charge in [0.05, 0.1) is 5.56 Å². The number of rotatable bonds is 8. The number of unbranched alkanes of at least 4 members (excludes halogenated alkanes) is 3. The number of benzene rings is 1. The molecule has 0 unspecified atom stereocenters. The molecule has 29 heavy (non-hydrogen) atoms. The molecule has 3 aromatic rings. The van der Waals surface area contributed by atoms with Gasteiger partial charge in [-0.1, -0.05) is 26.2 Å². The molecule has 0 atom stereocenters. The fourth-order valence-corrected chi connectivity index (χ4v) is 5.02. The first-order chi connectivity index (χ1) is 14.2. The third kappa shape index (κ3) is 4.90. The zero-order valence-electron chi connectivity index (χ0n) is 17.2. The lowest BCUT2D eigenvalue weighted by molar-refractivity contribution is 0.102. The molecule has 0 saturated carbocycles. The van der Waals surface area contributed by atoms with Gasteiger partial charge in [-0.3, -0.25) is 4.79 Å². The number of nitrogens with one attached hydrogen (secondary N) is 2. The second-order valence-corrected chi connectivity index (χ2v) is 8.93. The molecule has 1 aliphatic rings. The summed E-state index contributed by atoms with van der Waals surface area (Å²) in [6.45, 7) is 5.90. The van der Waals surface area contributed by atoms with Gasteiger partial charge in [0.1, 0.15) is 0 Å². The Hall–Kier alpha value is -2.11. The molecule has 1 saturated heterocycles. The topological polar surface area (TPSA) is 48.1 Å². The van der Waals surface area contributed by atoms with Crippen LogP contribution in [0.15, 0.2) is 41.2 Å². The third-order valence-corrected chi connectivity index (χ3v) is 6.79. The van der Waals surface area contributed by atoms with Crippen molar-refractivity contribution in [1.82, 2.24) is 9.88 Å². The Labute approximate surface area is 177 Å². The van der Waals surface area contributed by atoms with E-state index >= 15 is 0 Å². The number of amides is 1. The number of thiophene rings is 1. The Bertz CT molecular complexity index is 923. The molecule has 4 nitrogen and oxygen atoms in total. The van der Waals surface area contributed by atoms with Crippen molar-refractivity contribution >= 4 is 33.8 Å².